The van der Waals surface area contributed by atoms with Crippen LogP contribution in [0.2, 0.25) is 0 Å². The zero-order chi connectivity index (χ0) is 9.10. The summed E-state index contributed by atoms with van der Waals surface area (Å²) in [7, 11) is 0. The van der Waals surface area contributed by atoms with Crippen LogP contribution in [0.5, 0.6) is 0 Å². The van der Waals surface area contributed by atoms with E-state index in [0.29, 0.717) is 0 Å². The van der Waals surface area contributed by atoms with Gasteiger partial charge in [0.15, 0.2) is 0 Å². The molecule has 0 atom stereocenters. The first kappa shape index (κ1) is 8.10. The Morgan fingerprint density at radius 2 is 2.23 bits per heavy atom. The van der Waals surface area contributed by atoms with Gasteiger partial charge in [0, 0.05) is 24.2 Å². The fourth-order valence-corrected chi connectivity index (χ4v) is 1.26. The van der Waals surface area contributed by atoms with E-state index in [1.165, 1.54) is 0 Å². The Bertz CT molecular complexity index is 412. The molecule has 0 saturated heterocycles. The van der Waals surface area contributed by atoms with Crippen LogP contribution in [0.4, 0.5) is 0 Å². The van der Waals surface area contributed by atoms with E-state index in [0.717, 1.165) is 29.6 Å². The summed E-state index contributed by atoms with van der Waals surface area (Å²) < 4.78 is 0. The van der Waals surface area contributed by atoms with Crippen LogP contribution in [0.25, 0.3) is 10.9 Å². The number of hydrogen-bond acceptors (Lipinski definition) is 3. The highest BCUT2D eigenvalue weighted by atomic mass is 14.9. The van der Waals surface area contributed by atoms with E-state index in [1.54, 1.807) is 12.4 Å². The molecular weight excluding hydrogens is 162 g/mol. The molecule has 0 saturated carbocycles. The average molecular weight is 173 g/mol. The molecule has 0 amide bonds. The van der Waals surface area contributed by atoms with Crippen LogP contribution in [0, 0.1) is 0 Å². The fourth-order valence-electron chi connectivity index (χ4n) is 1.26. The summed E-state index contributed by atoms with van der Waals surface area (Å²) in [6.07, 6.45) is 7.40. The lowest BCUT2D eigenvalue weighted by atomic mass is 10.3. The molecule has 3 nitrogen and oxygen atoms in total. The van der Waals surface area contributed by atoms with Crippen molar-refractivity contribution in [1.29, 1.82) is 0 Å². The van der Waals surface area contributed by atoms with Crippen molar-refractivity contribution < 1.29 is 0 Å². The maximum Gasteiger partial charge on any atom is 0.129 e. The Kier molecular flexibility index (Phi) is 2.17. The smallest absolute Gasteiger partial charge is 0.129 e. The van der Waals surface area contributed by atoms with Crippen molar-refractivity contribution >= 4 is 10.9 Å². The lowest BCUT2D eigenvalue weighted by Crippen LogP contribution is -1.94. The minimum atomic E-state index is 0.906. The SMILES string of the molecule is CCCc1ncc2ccncc2n1. The number of hydrogen-bond donors (Lipinski definition) is 0. The molecule has 0 N–H and O–H groups in total. The van der Waals surface area contributed by atoms with Crippen molar-refractivity contribution in [3.8, 4) is 0 Å². The van der Waals surface area contributed by atoms with Gasteiger partial charge in [-0.1, -0.05) is 6.92 Å². The second-order valence-corrected chi connectivity index (χ2v) is 2.97. The van der Waals surface area contributed by atoms with Crippen LogP contribution in [0.15, 0.2) is 24.7 Å². The van der Waals surface area contributed by atoms with Crippen molar-refractivity contribution in [2.45, 2.75) is 19.8 Å². The molecule has 0 unspecified atom stereocenters. The van der Waals surface area contributed by atoms with Crippen LogP contribution >= 0.6 is 0 Å². The van der Waals surface area contributed by atoms with E-state index in [-0.39, 0.29) is 0 Å². The van der Waals surface area contributed by atoms with Gasteiger partial charge in [-0.05, 0) is 12.5 Å². The van der Waals surface area contributed by atoms with E-state index in [1.807, 2.05) is 12.3 Å². The molecule has 3 heteroatoms. The molecule has 0 fully saturated rings. The number of aromatic nitrogens is 3. The van der Waals surface area contributed by atoms with Crippen molar-refractivity contribution in [3.63, 3.8) is 0 Å². The lowest BCUT2D eigenvalue weighted by molar-refractivity contribution is 0.844. The first-order chi connectivity index (χ1) is 6.40. The van der Waals surface area contributed by atoms with E-state index in [2.05, 4.69) is 21.9 Å². The Morgan fingerprint density at radius 3 is 3.08 bits per heavy atom. The minimum absolute atomic E-state index is 0.906. The predicted octanol–water partition coefficient (Wildman–Crippen LogP) is 1.98. The summed E-state index contributed by atoms with van der Waals surface area (Å²) in [4.78, 5) is 12.7. The quantitative estimate of drug-likeness (QED) is 0.697. The van der Waals surface area contributed by atoms with Crippen LogP contribution in [-0.4, -0.2) is 15.0 Å². The van der Waals surface area contributed by atoms with Crippen molar-refractivity contribution in [3.05, 3.63) is 30.5 Å². The number of pyridine rings is 1. The standard InChI is InChI=1S/C10H11N3/c1-2-3-10-12-6-8-4-5-11-7-9(8)13-10/h4-7H,2-3H2,1H3. The molecule has 0 aromatic carbocycles. The lowest BCUT2D eigenvalue weighted by Gasteiger charge is -1.98. The van der Waals surface area contributed by atoms with E-state index < -0.39 is 0 Å². The molecular formula is C10H11N3. The van der Waals surface area contributed by atoms with Gasteiger partial charge < -0.3 is 0 Å². The van der Waals surface area contributed by atoms with Gasteiger partial charge >= 0.3 is 0 Å². The molecule has 13 heavy (non-hydrogen) atoms. The predicted molar refractivity (Wildman–Crippen MR) is 51.3 cm³/mol. The Hall–Kier alpha value is -1.51. The van der Waals surface area contributed by atoms with Gasteiger partial charge in [0.2, 0.25) is 0 Å². The maximum atomic E-state index is 4.39. The zero-order valence-electron chi connectivity index (χ0n) is 7.57. The number of nitrogens with zero attached hydrogens (tertiary/aromatic N) is 3. The van der Waals surface area contributed by atoms with Gasteiger partial charge in [0.25, 0.3) is 0 Å². The van der Waals surface area contributed by atoms with Crippen LogP contribution in [-0.2, 0) is 6.42 Å². The van der Waals surface area contributed by atoms with E-state index in [4.69, 9.17) is 0 Å². The molecule has 2 heterocycles. The normalized spacial score (nSPS) is 10.5. The zero-order valence-corrected chi connectivity index (χ0v) is 7.57. The highest BCUT2D eigenvalue weighted by Crippen LogP contribution is 2.08. The first-order valence-electron chi connectivity index (χ1n) is 4.46. The fraction of sp³-hybridized carbons (Fsp3) is 0.300. The van der Waals surface area contributed by atoms with Crippen LogP contribution < -0.4 is 0 Å². The molecule has 0 aliphatic heterocycles. The van der Waals surface area contributed by atoms with Crippen LogP contribution in [0.1, 0.15) is 19.2 Å². The second kappa shape index (κ2) is 3.47. The van der Waals surface area contributed by atoms with E-state index >= 15 is 0 Å². The summed E-state index contributed by atoms with van der Waals surface area (Å²) in [5, 5.41) is 1.05. The first-order valence-corrected chi connectivity index (χ1v) is 4.46. The van der Waals surface area contributed by atoms with Gasteiger partial charge in [-0.15, -0.1) is 0 Å². The number of fused-ring (bicyclic) bond motifs is 1. The van der Waals surface area contributed by atoms with Crippen LogP contribution in [0.3, 0.4) is 0 Å². The number of rotatable bonds is 2. The Balaban J connectivity index is 2.49. The summed E-state index contributed by atoms with van der Waals surface area (Å²) in [6.45, 7) is 2.12. The molecule has 66 valence electrons. The molecule has 2 aromatic rings. The van der Waals surface area contributed by atoms with Crippen molar-refractivity contribution in [1.82, 2.24) is 15.0 Å². The highest BCUT2D eigenvalue weighted by Gasteiger charge is 1.97. The molecule has 0 spiro atoms. The van der Waals surface area contributed by atoms with Gasteiger partial charge in [-0.25, -0.2) is 9.97 Å². The van der Waals surface area contributed by atoms with Crippen molar-refractivity contribution in [2.24, 2.45) is 0 Å². The van der Waals surface area contributed by atoms with Gasteiger partial charge in [-0.2, -0.15) is 0 Å². The topological polar surface area (TPSA) is 38.7 Å². The molecule has 0 bridgehead atoms. The summed E-state index contributed by atoms with van der Waals surface area (Å²) in [5.41, 5.74) is 0.931. The highest BCUT2D eigenvalue weighted by molar-refractivity contribution is 5.75. The third-order valence-electron chi connectivity index (χ3n) is 1.91. The summed E-state index contributed by atoms with van der Waals surface area (Å²) in [5.74, 6) is 0.906. The molecule has 0 radical (unpaired) electrons. The van der Waals surface area contributed by atoms with Gasteiger partial charge in [0.1, 0.15) is 5.82 Å². The summed E-state index contributed by atoms with van der Waals surface area (Å²) in [6, 6.07) is 1.92. The van der Waals surface area contributed by atoms with Gasteiger partial charge in [0.05, 0.1) is 11.7 Å². The monoisotopic (exact) mass is 173 g/mol. The molecule has 0 aliphatic rings. The second-order valence-electron chi connectivity index (χ2n) is 2.97. The average Bonchev–Trinajstić information content (AvgIpc) is 2.18. The molecule has 2 rings (SSSR count). The third-order valence-corrected chi connectivity index (χ3v) is 1.91. The molecule has 2 aromatic heterocycles. The van der Waals surface area contributed by atoms with Gasteiger partial charge in [-0.3, -0.25) is 4.98 Å². The largest absolute Gasteiger partial charge is 0.262 e. The summed E-state index contributed by atoms with van der Waals surface area (Å²) >= 11 is 0. The Labute approximate surface area is 76.9 Å². The minimum Gasteiger partial charge on any atom is -0.262 e. The Morgan fingerprint density at radius 1 is 1.31 bits per heavy atom. The molecule has 0 aliphatic carbocycles. The van der Waals surface area contributed by atoms with Crippen molar-refractivity contribution in [2.75, 3.05) is 0 Å². The maximum absolute atomic E-state index is 4.39. The third kappa shape index (κ3) is 1.64. The number of aryl methyl sites for hydroxylation is 1. The van der Waals surface area contributed by atoms with E-state index in [9.17, 15) is 0 Å².